The number of aromatic nitrogens is 1. The lowest BCUT2D eigenvalue weighted by molar-refractivity contribution is -0.0500. The van der Waals surface area contributed by atoms with Crippen LogP contribution >= 0.6 is 11.6 Å². The molecule has 0 spiro atoms. The van der Waals surface area contributed by atoms with E-state index in [0.29, 0.717) is 0 Å². The first kappa shape index (κ1) is 34.0. The van der Waals surface area contributed by atoms with Crippen molar-refractivity contribution in [2.45, 2.75) is 44.2 Å². The van der Waals surface area contributed by atoms with Gasteiger partial charge in [0.2, 0.25) is 5.88 Å². The molecule has 0 radical (unpaired) electrons. The largest absolute Gasteiger partial charge is 0.534 e. The highest BCUT2D eigenvalue weighted by Crippen LogP contribution is 2.38. The molecular formula is C30H24ClF6N3O6S. The molecular weight excluding hydrogens is 680 g/mol. The Morgan fingerprint density at radius 2 is 1.81 bits per heavy atom. The fraction of sp³-hybridized carbons (Fsp3) is 0.300. The Morgan fingerprint density at radius 1 is 1.13 bits per heavy atom. The molecule has 3 heterocycles. The van der Waals surface area contributed by atoms with Crippen LogP contribution in [-0.2, 0) is 10.1 Å². The summed E-state index contributed by atoms with van der Waals surface area (Å²) in [4.78, 5) is 30.8. The summed E-state index contributed by atoms with van der Waals surface area (Å²) in [6.07, 6.45) is -0.785. The molecule has 0 saturated carbocycles. The van der Waals surface area contributed by atoms with E-state index in [1.807, 2.05) is 0 Å². The van der Waals surface area contributed by atoms with Crippen LogP contribution in [0.25, 0.3) is 22.2 Å². The van der Waals surface area contributed by atoms with Gasteiger partial charge < -0.3 is 18.8 Å². The van der Waals surface area contributed by atoms with E-state index in [9.17, 15) is 44.3 Å². The number of benzene rings is 2. The van der Waals surface area contributed by atoms with Crippen LogP contribution in [-0.4, -0.2) is 44.2 Å². The number of pyridine rings is 1. The van der Waals surface area contributed by atoms with E-state index < -0.39 is 63.0 Å². The zero-order valence-corrected chi connectivity index (χ0v) is 26.0. The Hall–Kier alpha value is -4.31. The van der Waals surface area contributed by atoms with Crippen LogP contribution < -0.4 is 19.8 Å². The number of fused-ring (bicyclic) bond motifs is 1. The van der Waals surface area contributed by atoms with Crippen molar-refractivity contribution in [2.24, 2.45) is 0 Å². The zero-order valence-electron chi connectivity index (χ0n) is 24.4. The average Bonchev–Trinajstić information content (AvgIpc) is 2.99. The number of halogens is 7. The smallest absolute Gasteiger partial charge is 0.440 e. The van der Waals surface area contributed by atoms with Gasteiger partial charge in [0.05, 0.1) is 33.9 Å². The SMILES string of the molecule is Cc1c(N2CCC(F)(F)CC2)oc2c(C(C)Nc3ccc(Cl)nc3-c3ccc(OS(=O)(=O)C(F)(F)F)c(C=O)c3)cc(F)cc2c1=O. The quantitative estimate of drug-likeness (QED) is 0.0658. The van der Waals surface area contributed by atoms with Gasteiger partial charge >= 0.3 is 15.6 Å². The van der Waals surface area contributed by atoms with Gasteiger partial charge in [-0.15, -0.1) is 0 Å². The number of anilines is 2. The van der Waals surface area contributed by atoms with Crippen molar-refractivity contribution in [3.63, 3.8) is 0 Å². The van der Waals surface area contributed by atoms with Crippen molar-refractivity contribution in [3.8, 4) is 17.0 Å². The summed E-state index contributed by atoms with van der Waals surface area (Å²) in [5.74, 6) is -4.40. The maximum Gasteiger partial charge on any atom is 0.534 e. The Kier molecular flexibility index (Phi) is 8.96. The standard InChI is InChI=1S/C30H24ClF6N3O6S/c1-15-26(42)21-13-19(32)12-20(27(21)45-28(15)40-9-7-29(33,34)8-10-40)16(2)38-22-4-6-24(31)39-25(22)17-3-5-23(18(11-17)14-41)46-47(43,44)30(35,36)37/h3-6,11-14,16,38H,7-10H2,1-2H3. The predicted molar refractivity (Wildman–Crippen MR) is 161 cm³/mol. The molecule has 2 aromatic carbocycles. The Morgan fingerprint density at radius 3 is 2.45 bits per heavy atom. The van der Waals surface area contributed by atoms with E-state index in [-0.39, 0.29) is 69.5 Å². The predicted octanol–water partition coefficient (Wildman–Crippen LogP) is 7.41. The molecule has 1 fully saturated rings. The number of carbonyl (C=O) groups is 1. The Balaban J connectivity index is 1.54. The number of aldehydes is 1. The van der Waals surface area contributed by atoms with Crippen LogP contribution in [0.4, 0.5) is 37.9 Å². The van der Waals surface area contributed by atoms with Gasteiger partial charge in [0.15, 0.2) is 17.5 Å². The van der Waals surface area contributed by atoms with Gasteiger partial charge in [0.1, 0.15) is 16.6 Å². The molecule has 1 aliphatic rings. The maximum atomic E-state index is 14.9. The maximum absolute atomic E-state index is 14.9. The Bertz CT molecular complexity index is 2040. The number of carbonyl (C=O) groups excluding carboxylic acids is 1. The molecule has 0 amide bonds. The highest BCUT2D eigenvalue weighted by Gasteiger charge is 2.48. The van der Waals surface area contributed by atoms with Gasteiger partial charge in [-0.05, 0) is 56.3 Å². The number of piperidine rings is 1. The van der Waals surface area contributed by atoms with Crippen molar-refractivity contribution in [2.75, 3.05) is 23.3 Å². The monoisotopic (exact) mass is 703 g/mol. The summed E-state index contributed by atoms with van der Waals surface area (Å²) in [5.41, 5.74) is -6.13. The van der Waals surface area contributed by atoms with Crippen molar-refractivity contribution in [3.05, 3.63) is 80.3 Å². The second-order valence-electron chi connectivity index (χ2n) is 10.8. The summed E-state index contributed by atoms with van der Waals surface area (Å²) in [6, 6.07) is 7.21. The third kappa shape index (κ3) is 6.88. The molecule has 1 saturated heterocycles. The average molecular weight is 704 g/mol. The molecule has 1 atom stereocenters. The lowest BCUT2D eigenvalue weighted by Gasteiger charge is -2.33. The van der Waals surface area contributed by atoms with Crippen LogP contribution in [0, 0.1) is 12.7 Å². The van der Waals surface area contributed by atoms with Crippen molar-refractivity contribution in [1.82, 2.24) is 4.98 Å². The number of hydrogen-bond donors (Lipinski definition) is 1. The van der Waals surface area contributed by atoms with Crippen LogP contribution in [0.3, 0.4) is 0 Å². The number of nitrogens with one attached hydrogen (secondary N) is 1. The molecule has 1 N–H and O–H groups in total. The van der Waals surface area contributed by atoms with Crippen molar-refractivity contribution < 1.29 is 48.2 Å². The van der Waals surface area contributed by atoms with Crippen LogP contribution in [0.5, 0.6) is 5.75 Å². The van der Waals surface area contributed by atoms with E-state index in [1.54, 1.807) is 6.92 Å². The molecule has 0 aliphatic carbocycles. The summed E-state index contributed by atoms with van der Waals surface area (Å²) in [5, 5.41) is 2.99. The first-order chi connectivity index (χ1) is 21.9. The van der Waals surface area contributed by atoms with Gasteiger partial charge in [0, 0.05) is 37.1 Å². The lowest BCUT2D eigenvalue weighted by Crippen LogP contribution is -2.40. The second-order valence-corrected chi connectivity index (χ2v) is 12.8. The molecule has 47 heavy (non-hydrogen) atoms. The molecule has 0 bridgehead atoms. The number of hydrogen-bond acceptors (Lipinski definition) is 9. The van der Waals surface area contributed by atoms with E-state index in [2.05, 4.69) is 14.5 Å². The highest BCUT2D eigenvalue weighted by molar-refractivity contribution is 7.88. The first-order valence-corrected chi connectivity index (χ1v) is 15.6. The number of nitrogens with zero attached hydrogens (tertiary/aromatic N) is 2. The summed E-state index contributed by atoms with van der Waals surface area (Å²) in [7, 11) is -6.07. The molecule has 4 aromatic rings. The van der Waals surface area contributed by atoms with E-state index in [0.717, 1.165) is 30.3 Å². The van der Waals surface area contributed by atoms with Gasteiger partial charge in [-0.3, -0.25) is 9.59 Å². The van der Waals surface area contributed by atoms with Crippen LogP contribution in [0.15, 0.2) is 51.7 Å². The van der Waals surface area contributed by atoms with Crippen molar-refractivity contribution in [1.29, 1.82) is 0 Å². The fourth-order valence-corrected chi connectivity index (χ4v) is 5.77. The Labute approximate surface area is 268 Å². The third-order valence-corrected chi connectivity index (χ3v) is 8.74. The molecule has 2 aromatic heterocycles. The minimum Gasteiger partial charge on any atom is -0.440 e. The minimum absolute atomic E-state index is 0.00780. The van der Waals surface area contributed by atoms with Crippen LogP contribution in [0.2, 0.25) is 5.15 Å². The summed E-state index contributed by atoms with van der Waals surface area (Å²) >= 11 is 6.11. The zero-order chi connectivity index (χ0) is 34.5. The molecule has 17 heteroatoms. The first-order valence-electron chi connectivity index (χ1n) is 13.8. The third-order valence-electron chi connectivity index (χ3n) is 7.56. The van der Waals surface area contributed by atoms with E-state index in [4.69, 9.17) is 16.0 Å². The van der Waals surface area contributed by atoms with E-state index >= 15 is 0 Å². The van der Waals surface area contributed by atoms with Crippen LogP contribution in [0.1, 0.15) is 47.3 Å². The molecule has 9 nitrogen and oxygen atoms in total. The van der Waals surface area contributed by atoms with E-state index in [1.165, 1.54) is 24.0 Å². The summed E-state index contributed by atoms with van der Waals surface area (Å²) < 4.78 is 114. The second kappa shape index (κ2) is 12.4. The van der Waals surface area contributed by atoms with Crippen molar-refractivity contribution >= 4 is 50.5 Å². The molecule has 1 aliphatic heterocycles. The van der Waals surface area contributed by atoms with Gasteiger partial charge in [0.25, 0.3) is 5.92 Å². The topological polar surface area (TPSA) is 119 Å². The summed E-state index contributed by atoms with van der Waals surface area (Å²) in [6.45, 7) is 2.93. The van der Waals surface area contributed by atoms with Gasteiger partial charge in [-0.1, -0.05) is 11.6 Å². The number of rotatable bonds is 8. The lowest BCUT2D eigenvalue weighted by atomic mass is 10.0. The number of alkyl halides is 5. The molecule has 5 rings (SSSR count). The van der Waals surface area contributed by atoms with Gasteiger partial charge in [-0.2, -0.15) is 21.6 Å². The molecule has 1 unspecified atom stereocenters. The highest BCUT2D eigenvalue weighted by atomic mass is 35.5. The van der Waals surface area contributed by atoms with Gasteiger partial charge in [-0.25, -0.2) is 18.2 Å². The minimum atomic E-state index is -6.07. The normalized spacial score (nSPS) is 15.8. The fourth-order valence-electron chi connectivity index (χ4n) is 5.14. The molecule has 250 valence electrons.